The summed E-state index contributed by atoms with van der Waals surface area (Å²) in [6.07, 6.45) is 9.16. The highest BCUT2D eigenvalue weighted by Crippen LogP contribution is 2.35. The van der Waals surface area contributed by atoms with Crippen LogP contribution in [0.5, 0.6) is 0 Å². The molecule has 1 amide bonds. The van der Waals surface area contributed by atoms with Crippen LogP contribution in [0.3, 0.4) is 0 Å². The monoisotopic (exact) mass is 323 g/mol. The lowest BCUT2D eigenvalue weighted by Crippen LogP contribution is -2.67. The molecule has 23 heavy (non-hydrogen) atoms. The molecule has 4 heteroatoms. The molecule has 0 aromatic rings. The number of morpholine rings is 1. The van der Waals surface area contributed by atoms with E-state index < -0.39 is 0 Å². The maximum absolute atomic E-state index is 12.7. The zero-order valence-electron chi connectivity index (χ0n) is 15.1. The third kappa shape index (κ3) is 3.80. The van der Waals surface area contributed by atoms with Gasteiger partial charge in [-0.3, -0.25) is 4.48 Å². The van der Waals surface area contributed by atoms with Crippen molar-refractivity contribution >= 4 is 5.91 Å². The van der Waals surface area contributed by atoms with Gasteiger partial charge in [0.25, 0.3) is 0 Å². The van der Waals surface area contributed by atoms with Crippen molar-refractivity contribution in [3.63, 3.8) is 0 Å². The SMILES string of the molecule is CC(=O)[N+]1(CCC2CCN(C)C2)CCOCC1C1CCCCC1. The van der Waals surface area contributed by atoms with Gasteiger partial charge < -0.3 is 9.64 Å². The van der Waals surface area contributed by atoms with Gasteiger partial charge in [0, 0.05) is 18.9 Å². The molecule has 132 valence electrons. The first-order valence-electron chi connectivity index (χ1n) is 9.76. The van der Waals surface area contributed by atoms with Crippen molar-refractivity contribution in [2.45, 2.75) is 57.9 Å². The van der Waals surface area contributed by atoms with Gasteiger partial charge in [0.2, 0.25) is 0 Å². The van der Waals surface area contributed by atoms with Crippen molar-refractivity contribution in [1.29, 1.82) is 0 Å². The van der Waals surface area contributed by atoms with E-state index in [0.717, 1.165) is 32.2 Å². The van der Waals surface area contributed by atoms with E-state index in [1.54, 1.807) is 0 Å². The average Bonchev–Trinajstić information content (AvgIpc) is 2.99. The molecule has 0 bridgehead atoms. The van der Waals surface area contributed by atoms with E-state index in [0.29, 0.717) is 22.3 Å². The molecule has 3 aliphatic rings. The summed E-state index contributed by atoms with van der Waals surface area (Å²) in [6, 6.07) is 0.417. The molecule has 3 fully saturated rings. The maximum atomic E-state index is 12.7. The minimum atomic E-state index is 0.384. The highest BCUT2D eigenvalue weighted by atomic mass is 16.5. The highest BCUT2D eigenvalue weighted by molar-refractivity contribution is 5.66. The van der Waals surface area contributed by atoms with E-state index in [-0.39, 0.29) is 0 Å². The van der Waals surface area contributed by atoms with Crippen LogP contribution in [-0.4, -0.2) is 67.8 Å². The molecule has 0 spiro atoms. The molecule has 0 radical (unpaired) electrons. The van der Waals surface area contributed by atoms with Gasteiger partial charge in [0.15, 0.2) is 0 Å². The Bertz CT molecular complexity index is 408. The molecule has 1 saturated carbocycles. The van der Waals surface area contributed by atoms with Crippen LogP contribution in [-0.2, 0) is 9.53 Å². The molecule has 4 nitrogen and oxygen atoms in total. The minimum Gasteiger partial charge on any atom is -0.369 e. The Morgan fingerprint density at radius 3 is 2.65 bits per heavy atom. The van der Waals surface area contributed by atoms with E-state index in [2.05, 4.69) is 11.9 Å². The fourth-order valence-electron chi connectivity index (χ4n) is 5.30. The molecular formula is C19H35N2O2+. The molecule has 2 heterocycles. The number of quaternary nitrogens is 1. The van der Waals surface area contributed by atoms with Gasteiger partial charge in [-0.15, -0.1) is 0 Å². The van der Waals surface area contributed by atoms with E-state index in [4.69, 9.17) is 4.74 Å². The van der Waals surface area contributed by atoms with Gasteiger partial charge in [-0.25, -0.2) is 4.79 Å². The standard InChI is InChI=1S/C19H35N2O2/c1-16(22)21(11-9-17-8-10-20(2)14-17)12-13-23-15-19(21)18-6-4-3-5-7-18/h17-19H,3-15H2,1-2H3/q+1. The molecule has 3 rings (SSSR count). The fourth-order valence-corrected chi connectivity index (χ4v) is 5.30. The lowest BCUT2D eigenvalue weighted by Gasteiger charge is -2.48. The molecule has 3 atom stereocenters. The van der Waals surface area contributed by atoms with Crippen molar-refractivity contribution in [3.8, 4) is 0 Å². The summed E-state index contributed by atoms with van der Waals surface area (Å²) < 4.78 is 6.57. The number of likely N-dealkylation sites (tertiary alicyclic amines) is 1. The molecule has 3 unspecified atom stereocenters. The fraction of sp³-hybridized carbons (Fsp3) is 0.947. The Hall–Kier alpha value is -0.450. The van der Waals surface area contributed by atoms with E-state index in [1.807, 2.05) is 6.92 Å². The van der Waals surface area contributed by atoms with Crippen LogP contribution in [0.4, 0.5) is 0 Å². The molecule has 2 saturated heterocycles. The average molecular weight is 324 g/mol. The Morgan fingerprint density at radius 1 is 1.22 bits per heavy atom. The van der Waals surface area contributed by atoms with Gasteiger partial charge >= 0.3 is 5.91 Å². The van der Waals surface area contributed by atoms with Crippen molar-refractivity contribution in [3.05, 3.63) is 0 Å². The molecule has 0 N–H and O–H groups in total. The number of carbonyl (C=O) groups is 1. The number of rotatable bonds is 4. The van der Waals surface area contributed by atoms with E-state index in [1.165, 1.54) is 58.0 Å². The lowest BCUT2D eigenvalue weighted by molar-refractivity contribution is -0.893. The smallest absolute Gasteiger partial charge is 0.310 e. The van der Waals surface area contributed by atoms with Crippen LogP contribution in [0, 0.1) is 11.8 Å². The Labute approximate surface area is 141 Å². The van der Waals surface area contributed by atoms with Crippen LogP contribution < -0.4 is 0 Å². The Kier molecular flexibility index (Phi) is 5.76. The third-order valence-electron chi connectivity index (χ3n) is 6.80. The molecule has 0 aromatic carbocycles. The zero-order valence-corrected chi connectivity index (χ0v) is 15.1. The van der Waals surface area contributed by atoms with Crippen LogP contribution in [0.15, 0.2) is 0 Å². The van der Waals surface area contributed by atoms with Crippen molar-refractivity contribution in [1.82, 2.24) is 4.90 Å². The second-order valence-electron chi connectivity index (χ2n) is 8.25. The van der Waals surface area contributed by atoms with Crippen LogP contribution in [0.25, 0.3) is 0 Å². The maximum Gasteiger partial charge on any atom is 0.310 e. The first-order chi connectivity index (χ1) is 11.1. The first-order valence-corrected chi connectivity index (χ1v) is 9.76. The summed E-state index contributed by atoms with van der Waals surface area (Å²) in [7, 11) is 2.22. The highest BCUT2D eigenvalue weighted by Gasteiger charge is 2.48. The van der Waals surface area contributed by atoms with Gasteiger partial charge in [-0.05, 0) is 38.8 Å². The second kappa shape index (κ2) is 7.62. The molecule has 2 aliphatic heterocycles. The van der Waals surface area contributed by atoms with Crippen LogP contribution in [0.1, 0.15) is 51.9 Å². The minimum absolute atomic E-state index is 0.384. The summed E-state index contributed by atoms with van der Waals surface area (Å²) in [5.74, 6) is 1.86. The van der Waals surface area contributed by atoms with Gasteiger partial charge in [-0.2, -0.15) is 0 Å². The second-order valence-corrected chi connectivity index (χ2v) is 8.25. The summed E-state index contributed by atoms with van der Waals surface area (Å²) in [4.78, 5) is 15.2. The Balaban J connectivity index is 1.71. The quantitative estimate of drug-likeness (QED) is 0.745. The van der Waals surface area contributed by atoms with Gasteiger partial charge in [0.05, 0.1) is 26.7 Å². The van der Waals surface area contributed by atoms with Gasteiger partial charge in [0.1, 0.15) is 12.6 Å². The van der Waals surface area contributed by atoms with Crippen molar-refractivity contribution < 1.29 is 14.0 Å². The van der Waals surface area contributed by atoms with Crippen molar-refractivity contribution in [2.75, 3.05) is 46.4 Å². The largest absolute Gasteiger partial charge is 0.369 e. The number of ether oxygens (including phenoxy) is 1. The normalized spacial score (nSPS) is 37.1. The predicted octanol–water partition coefficient (Wildman–Crippen LogP) is 2.67. The number of hydrogen-bond donors (Lipinski definition) is 0. The summed E-state index contributed by atoms with van der Waals surface area (Å²) >= 11 is 0. The van der Waals surface area contributed by atoms with Gasteiger partial charge in [-0.1, -0.05) is 19.3 Å². The summed E-state index contributed by atoms with van der Waals surface area (Å²) in [5, 5.41) is 0. The summed E-state index contributed by atoms with van der Waals surface area (Å²) in [5.41, 5.74) is 0. The predicted molar refractivity (Wildman–Crippen MR) is 92.1 cm³/mol. The van der Waals surface area contributed by atoms with Crippen LogP contribution in [0.2, 0.25) is 0 Å². The number of carbonyl (C=O) groups excluding carboxylic acids is 1. The zero-order chi connectivity index (χ0) is 16.3. The lowest BCUT2D eigenvalue weighted by atomic mass is 9.81. The molecule has 0 aromatic heterocycles. The third-order valence-corrected chi connectivity index (χ3v) is 6.80. The van der Waals surface area contributed by atoms with E-state index in [9.17, 15) is 4.79 Å². The summed E-state index contributed by atoms with van der Waals surface area (Å²) in [6.45, 7) is 7.77. The first kappa shape index (κ1) is 17.4. The topological polar surface area (TPSA) is 29.5 Å². The number of nitrogens with zero attached hydrogens (tertiary/aromatic N) is 2. The Morgan fingerprint density at radius 2 is 2.00 bits per heavy atom. The van der Waals surface area contributed by atoms with E-state index >= 15 is 0 Å². The number of hydrogen-bond acceptors (Lipinski definition) is 3. The molecular weight excluding hydrogens is 288 g/mol. The van der Waals surface area contributed by atoms with Crippen LogP contribution >= 0.6 is 0 Å². The number of amides is 1. The van der Waals surface area contributed by atoms with Crippen molar-refractivity contribution in [2.24, 2.45) is 11.8 Å². The molecule has 1 aliphatic carbocycles.